The third-order valence-corrected chi connectivity index (χ3v) is 2.40. The normalized spacial score (nSPS) is 10.0. The SMILES string of the molecule is COc1cc(NC=O)ccc1-n1cnc(C)c1. The van der Waals surface area contributed by atoms with Crippen LogP contribution in [0.2, 0.25) is 0 Å². The molecule has 0 saturated carbocycles. The van der Waals surface area contributed by atoms with E-state index in [-0.39, 0.29) is 0 Å². The molecule has 1 heterocycles. The molecule has 5 nitrogen and oxygen atoms in total. The van der Waals surface area contributed by atoms with Crippen molar-refractivity contribution >= 4 is 12.1 Å². The molecule has 1 amide bonds. The minimum atomic E-state index is 0.635. The van der Waals surface area contributed by atoms with E-state index in [0.29, 0.717) is 17.8 Å². The molecule has 0 spiro atoms. The maximum atomic E-state index is 10.4. The molecule has 0 aliphatic carbocycles. The molecule has 88 valence electrons. The van der Waals surface area contributed by atoms with Crippen molar-refractivity contribution in [3.05, 3.63) is 36.4 Å². The Morgan fingerprint density at radius 1 is 1.47 bits per heavy atom. The number of carbonyl (C=O) groups is 1. The van der Waals surface area contributed by atoms with Crippen molar-refractivity contribution in [1.82, 2.24) is 9.55 Å². The van der Waals surface area contributed by atoms with Gasteiger partial charge in [0, 0.05) is 18.0 Å². The van der Waals surface area contributed by atoms with Crippen LogP contribution in [0.15, 0.2) is 30.7 Å². The Balaban J connectivity index is 2.43. The fraction of sp³-hybridized carbons (Fsp3) is 0.167. The predicted molar refractivity (Wildman–Crippen MR) is 64.5 cm³/mol. The number of hydrogen-bond acceptors (Lipinski definition) is 3. The minimum absolute atomic E-state index is 0.635. The van der Waals surface area contributed by atoms with Crippen molar-refractivity contribution in [2.75, 3.05) is 12.4 Å². The Kier molecular flexibility index (Phi) is 3.09. The lowest BCUT2D eigenvalue weighted by Crippen LogP contribution is -1.99. The highest BCUT2D eigenvalue weighted by Gasteiger charge is 2.06. The Labute approximate surface area is 99.0 Å². The zero-order valence-corrected chi connectivity index (χ0v) is 9.68. The molecule has 0 bridgehead atoms. The highest BCUT2D eigenvalue weighted by molar-refractivity contribution is 5.73. The number of carbonyl (C=O) groups excluding carboxylic acids is 1. The monoisotopic (exact) mass is 231 g/mol. The summed E-state index contributed by atoms with van der Waals surface area (Å²) in [6, 6.07) is 5.44. The Morgan fingerprint density at radius 2 is 2.29 bits per heavy atom. The van der Waals surface area contributed by atoms with E-state index in [1.807, 2.05) is 29.8 Å². The van der Waals surface area contributed by atoms with Gasteiger partial charge in [-0.25, -0.2) is 4.98 Å². The Bertz CT molecular complexity index is 534. The number of nitrogens with zero attached hydrogens (tertiary/aromatic N) is 2. The van der Waals surface area contributed by atoms with Gasteiger partial charge in [-0.05, 0) is 19.1 Å². The van der Waals surface area contributed by atoms with Crippen LogP contribution in [-0.4, -0.2) is 23.1 Å². The maximum Gasteiger partial charge on any atom is 0.211 e. The molecular formula is C12H13N3O2. The molecule has 2 rings (SSSR count). The van der Waals surface area contributed by atoms with Gasteiger partial charge >= 0.3 is 0 Å². The number of aromatic nitrogens is 2. The molecular weight excluding hydrogens is 218 g/mol. The van der Waals surface area contributed by atoms with Gasteiger partial charge in [-0.1, -0.05) is 0 Å². The van der Waals surface area contributed by atoms with Gasteiger partial charge in [-0.3, -0.25) is 4.79 Å². The first-order chi connectivity index (χ1) is 8.24. The van der Waals surface area contributed by atoms with E-state index in [1.165, 1.54) is 0 Å². The van der Waals surface area contributed by atoms with Gasteiger partial charge in [-0.15, -0.1) is 0 Å². The highest BCUT2D eigenvalue weighted by atomic mass is 16.5. The van der Waals surface area contributed by atoms with E-state index in [4.69, 9.17) is 4.74 Å². The lowest BCUT2D eigenvalue weighted by Gasteiger charge is -2.10. The summed E-state index contributed by atoms with van der Waals surface area (Å²) in [5.74, 6) is 0.675. The summed E-state index contributed by atoms with van der Waals surface area (Å²) < 4.78 is 7.17. The lowest BCUT2D eigenvalue weighted by molar-refractivity contribution is -0.105. The van der Waals surface area contributed by atoms with Gasteiger partial charge in [-0.2, -0.15) is 0 Å². The molecule has 0 saturated heterocycles. The number of hydrogen-bond donors (Lipinski definition) is 1. The van der Waals surface area contributed by atoms with Crippen molar-refractivity contribution in [1.29, 1.82) is 0 Å². The molecule has 0 fully saturated rings. The Morgan fingerprint density at radius 3 is 2.88 bits per heavy atom. The largest absolute Gasteiger partial charge is 0.494 e. The third kappa shape index (κ3) is 2.28. The third-order valence-electron chi connectivity index (χ3n) is 2.40. The summed E-state index contributed by atoms with van der Waals surface area (Å²) in [7, 11) is 1.59. The number of imidazole rings is 1. The second-order valence-corrected chi connectivity index (χ2v) is 3.57. The molecule has 1 aromatic carbocycles. The molecule has 0 aliphatic rings. The number of rotatable bonds is 4. The molecule has 5 heteroatoms. The van der Waals surface area contributed by atoms with Crippen LogP contribution in [0.1, 0.15) is 5.69 Å². The number of aryl methyl sites for hydroxylation is 1. The fourth-order valence-electron chi connectivity index (χ4n) is 1.60. The quantitative estimate of drug-likeness (QED) is 0.816. The van der Waals surface area contributed by atoms with E-state index < -0.39 is 0 Å². The molecule has 17 heavy (non-hydrogen) atoms. The molecule has 2 aromatic rings. The second kappa shape index (κ2) is 4.69. The van der Waals surface area contributed by atoms with Crippen LogP contribution < -0.4 is 10.1 Å². The smallest absolute Gasteiger partial charge is 0.211 e. The first-order valence-electron chi connectivity index (χ1n) is 5.14. The average Bonchev–Trinajstić information content (AvgIpc) is 2.76. The predicted octanol–water partition coefficient (Wildman–Crippen LogP) is 1.76. The van der Waals surface area contributed by atoms with Crippen LogP contribution in [-0.2, 0) is 4.79 Å². The standard InChI is InChI=1S/C12H13N3O2/c1-9-6-15(7-13-9)11-4-3-10(14-8-16)5-12(11)17-2/h3-8H,1-2H3,(H,14,16). The van der Waals surface area contributed by atoms with Crippen LogP contribution >= 0.6 is 0 Å². The van der Waals surface area contributed by atoms with Gasteiger partial charge in [0.1, 0.15) is 5.75 Å². The van der Waals surface area contributed by atoms with Crippen molar-refractivity contribution in [2.24, 2.45) is 0 Å². The average molecular weight is 231 g/mol. The topological polar surface area (TPSA) is 56.1 Å². The number of nitrogens with one attached hydrogen (secondary N) is 1. The first-order valence-corrected chi connectivity index (χ1v) is 5.14. The molecule has 1 aromatic heterocycles. The summed E-state index contributed by atoms with van der Waals surface area (Å²) in [4.78, 5) is 14.5. The first kappa shape index (κ1) is 11.2. The molecule has 0 unspecified atom stereocenters. The van der Waals surface area contributed by atoms with Gasteiger partial charge in [0.05, 0.1) is 24.8 Å². The minimum Gasteiger partial charge on any atom is -0.494 e. The van der Waals surface area contributed by atoms with Gasteiger partial charge < -0.3 is 14.6 Å². The summed E-state index contributed by atoms with van der Waals surface area (Å²) in [6.45, 7) is 1.92. The number of anilines is 1. The number of benzene rings is 1. The van der Waals surface area contributed by atoms with Crippen LogP contribution in [0.5, 0.6) is 5.75 Å². The van der Waals surface area contributed by atoms with E-state index in [1.54, 1.807) is 19.5 Å². The van der Waals surface area contributed by atoms with Crippen LogP contribution in [0, 0.1) is 6.92 Å². The molecule has 0 aliphatic heterocycles. The van der Waals surface area contributed by atoms with E-state index >= 15 is 0 Å². The molecule has 0 atom stereocenters. The number of amides is 1. The van der Waals surface area contributed by atoms with E-state index in [0.717, 1.165) is 11.4 Å². The van der Waals surface area contributed by atoms with Crippen molar-refractivity contribution in [3.63, 3.8) is 0 Å². The number of methoxy groups -OCH3 is 1. The van der Waals surface area contributed by atoms with E-state index in [9.17, 15) is 4.79 Å². The van der Waals surface area contributed by atoms with Crippen LogP contribution in [0.3, 0.4) is 0 Å². The van der Waals surface area contributed by atoms with Crippen molar-refractivity contribution in [2.45, 2.75) is 6.92 Å². The fourth-order valence-corrected chi connectivity index (χ4v) is 1.60. The maximum absolute atomic E-state index is 10.4. The summed E-state index contributed by atoms with van der Waals surface area (Å²) in [5, 5.41) is 2.58. The van der Waals surface area contributed by atoms with E-state index in [2.05, 4.69) is 10.3 Å². The molecule has 1 N–H and O–H groups in total. The number of ether oxygens (including phenoxy) is 1. The Hall–Kier alpha value is -2.30. The van der Waals surface area contributed by atoms with Crippen molar-refractivity contribution < 1.29 is 9.53 Å². The van der Waals surface area contributed by atoms with Crippen molar-refractivity contribution in [3.8, 4) is 11.4 Å². The zero-order valence-electron chi connectivity index (χ0n) is 9.68. The van der Waals surface area contributed by atoms with Crippen LogP contribution in [0.4, 0.5) is 5.69 Å². The highest BCUT2D eigenvalue weighted by Crippen LogP contribution is 2.26. The van der Waals surface area contributed by atoms with Gasteiger partial charge in [0.15, 0.2) is 0 Å². The second-order valence-electron chi connectivity index (χ2n) is 3.57. The van der Waals surface area contributed by atoms with Gasteiger partial charge in [0.25, 0.3) is 0 Å². The lowest BCUT2D eigenvalue weighted by atomic mass is 10.2. The zero-order chi connectivity index (χ0) is 12.3. The summed E-state index contributed by atoms with van der Waals surface area (Å²) in [5.41, 5.74) is 2.50. The van der Waals surface area contributed by atoms with Gasteiger partial charge in [0.2, 0.25) is 6.41 Å². The molecule has 0 radical (unpaired) electrons. The summed E-state index contributed by atoms with van der Waals surface area (Å²) in [6.07, 6.45) is 4.26. The van der Waals surface area contributed by atoms with Crippen LogP contribution in [0.25, 0.3) is 5.69 Å². The summed E-state index contributed by atoms with van der Waals surface area (Å²) >= 11 is 0.